The first-order chi connectivity index (χ1) is 8.29. The maximum Gasteiger partial charge on any atom is 0.0811 e. The predicted octanol–water partition coefficient (Wildman–Crippen LogP) is 4.16. The Morgan fingerprint density at radius 1 is 1.24 bits per heavy atom. The maximum absolute atomic E-state index is 10.2. The molecular formula is C15H23NO. The molecule has 3 aliphatic rings. The van der Waals surface area contributed by atoms with Crippen molar-refractivity contribution in [3.8, 4) is 0 Å². The lowest BCUT2D eigenvalue weighted by Crippen LogP contribution is -2.06. The minimum Gasteiger partial charge on any atom is -0.151 e. The van der Waals surface area contributed by atoms with Crippen LogP contribution in [0.4, 0.5) is 0 Å². The van der Waals surface area contributed by atoms with Gasteiger partial charge in [-0.15, -0.1) is 0 Å². The molecule has 0 aromatic carbocycles. The molecule has 4 unspecified atom stereocenters. The summed E-state index contributed by atoms with van der Waals surface area (Å²) in [4.78, 5) is 10.2. The largest absolute Gasteiger partial charge is 0.151 e. The summed E-state index contributed by atoms with van der Waals surface area (Å²) in [7, 11) is 0. The van der Waals surface area contributed by atoms with Crippen molar-refractivity contribution in [1.82, 2.24) is 0 Å². The Kier molecular flexibility index (Phi) is 2.84. The van der Waals surface area contributed by atoms with Crippen LogP contribution in [0.3, 0.4) is 0 Å². The van der Waals surface area contributed by atoms with E-state index in [-0.39, 0.29) is 0 Å². The molecule has 0 N–H and O–H groups in total. The Morgan fingerprint density at radius 3 is 2.65 bits per heavy atom. The summed E-state index contributed by atoms with van der Waals surface area (Å²) in [5.74, 6) is 3.66. The minimum atomic E-state index is 0.521. The average Bonchev–Trinajstić information content (AvgIpc) is 3.19. The Balaban J connectivity index is 1.55. The summed E-state index contributed by atoms with van der Waals surface area (Å²) in [5.41, 5.74) is 0.716. The van der Waals surface area contributed by atoms with Gasteiger partial charge in [0.2, 0.25) is 0 Å². The SMILES string of the molecule is CCC1CC2(CC1CCCN=O)CC2C1C=C1. The highest BCUT2D eigenvalue weighted by Crippen LogP contribution is 2.70. The van der Waals surface area contributed by atoms with Crippen molar-refractivity contribution in [3.05, 3.63) is 17.1 Å². The second kappa shape index (κ2) is 4.22. The molecule has 2 saturated carbocycles. The van der Waals surface area contributed by atoms with E-state index in [4.69, 9.17) is 0 Å². The molecule has 4 atom stereocenters. The zero-order valence-corrected chi connectivity index (χ0v) is 10.8. The van der Waals surface area contributed by atoms with Crippen LogP contribution < -0.4 is 0 Å². The molecule has 0 bridgehead atoms. The molecule has 1 spiro atoms. The second-order valence-electron chi connectivity index (χ2n) is 6.47. The topological polar surface area (TPSA) is 29.4 Å². The van der Waals surface area contributed by atoms with Gasteiger partial charge in [-0.3, -0.25) is 0 Å². The van der Waals surface area contributed by atoms with Crippen molar-refractivity contribution in [1.29, 1.82) is 0 Å². The van der Waals surface area contributed by atoms with E-state index in [9.17, 15) is 4.91 Å². The van der Waals surface area contributed by atoms with Crippen LogP contribution in [0.25, 0.3) is 0 Å². The van der Waals surface area contributed by atoms with Crippen molar-refractivity contribution >= 4 is 0 Å². The van der Waals surface area contributed by atoms with Crippen LogP contribution in [-0.4, -0.2) is 6.54 Å². The normalized spacial score (nSPS) is 43.2. The predicted molar refractivity (Wildman–Crippen MR) is 69.6 cm³/mol. The highest BCUT2D eigenvalue weighted by molar-refractivity contribution is 5.25. The first-order valence-corrected chi connectivity index (χ1v) is 7.26. The Labute approximate surface area is 104 Å². The monoisotopic (exact) mass is 233 g/mol. The molecule has 0 amide bonds. The lowest BCUT2D eigenvalue weighted by molar-refractivity contribution is 0.349. The van der Waals surface area contributed by atoms with Crippen molar-refractivity contribution in [2.45, 2.75) is 45.4 Å². The quantitative estimate of drug-likeness (QED) is 0.385. The van der Waals surface area contributed by atoms with Gasteiger partial charge >= 0.3 is 0 Å². The Morgan fingerprint density at radius 2 is 2.00 bits per heavy atom. The van der Waals surface area contributed by atoms with Gasteiger partial charge in [-0.05, 0) is 61.2 Å². The van der Waals surface area contributed by atoms with Crippen molar-refractivity contribution in [2.75, 3.05) is 6.54 Å². The number of allylic oxidation sites excluding steroid dienone is 2. The first kappa shape index (κ1) is 11.4. The Hall–Kier alpha value is -0.660. The fourth-order valence-corrected chi connectivity index (χ4v) is 4.42. The molecular weight excluding hydrogens is 210 g/mol. The fourth-order valence-electron chi connectivity index (χ4n) is 4.42. The molecule has 3 rings (SSSR count). The average molecular weight is 233 g/mol. The van der Waals surface area contributed by atoms with Crippen LogP contribution in [0, 0.1) is 34.0 Å². The van der Waals surface area contributed by atoms with E-state index >= 15 is 0 Å². The molecule has 17 heavy (non-hydrogen) atoms. The number of hydrogen-bond acceptors (Lipinski definition) is 2. The summed E-state index contributed by atoms with van der Waals surface area (Å²) in [6.07, 6.45) is 12.7. The molecule has 0 aromatic rings. The molecule has 0 aromatic heterocycles. The summed E-state index contributed by atoms with van der Waals surface area (Å²) in [5, 5.41) is 2.99. The van der Waals surface area contributed by atoms with E-state index in [1.807, 2.05) is 0 Å². The van der Waals surface area contributed by atoms with Gasteiger partial charge < -0.3 is 0 Å². The molecule has 2 nitrogen and oxygen atoms in total. The third-order valence-electron chi connectivity index (χ3n) is 5.48. The summed E-state index contributed by atoms with van der Waals surface area (Å²) < 4.78 is 0. The van der Waals surface area contributed by atoms with Gasteiger partial charge in [0.15, 0.2) is 0 Å². The van der Waals surface area contributed by atoms with Gasteiger partial charge in [0, 0.05) is 0 Å². The van der Waals surface area contributed by atoms with Gasteiger partial charge in [-0.2, -0.15) is 4.91 Å². The third kappa shape index (κ3) is 2.07. The molecule has 2 fully saturated rings. The highest BCUT2D eigenvalue weighted by Gasteiger charge is 2.62. The van der Waals surface area contributed by atoms with Crippen LogP contribution >= 0.6 is 0 Å². The van der Waals surface area contributed by atoms with E-state index in [1.54, 1.807) is 0 Å². The molecule has 0 saturated heterocycles. The highest BCUT2D eigenvalue weighted by atomic mass is 16.3. The number of hydrogen-bond donors (Lipinski definition) is 0. The molecule has 0 heterocycles. The lowest BCUT2D eigenvalue weighted by Gasteiger charge is -2.16. The van der Waals surface area contributed by atoms with Gasteiger partial charge in [-0.1, -0.05) is 30.7 Å². The number of nitroso groups, excluding NO2 is 1. The zero-order chi connectivity index (χ0) is 11.9. The van der Waals surface area contributed by atoms with E-state index < -0.39 is 0 Å². The Bertz CT molecular complexity index is 332. The molecule has 3 aliphatic carbocycles. The van der Waals surface area contributed by atoms with Gasteiger partial charge in [0.1, 0.15) is 0 Å². The van der Waals surface area contributed by atoms with Gasteiger partial charge in [-0.25, -0.2) is 0 Å². The second-order valence-corrected chi connectivity index (χ2v) is 6.47. The molecule has 0 radical (unpaired) electrons. The maximum atomic E-state index is 10.2. The standard InChI is InChI=1S/C15H23NO/c1-2-11-8-15(10-14(15)12-5-6-12)9-13(11)4-3-7-16-17/h5-6,11-14H,2-4,7-10H2,1H3. The summed E-state index contributed by atoms with van der Waals surface area (Å²) in [6.45, 7) is 2.86. The van der Waals surface area contributed by atoms with Crippen LogP contribution in [-0.2, 0) is 0 Å². The molecule has 94 valence electrons. The van der Waals surface area contributed by atoms with Crippen LogP contribution in [0.5, 0.6) is 0 Å². The molecule has 0 aliphatic heterocycles. The van der Waals surface area contributed by atoms with E-state index in [0.717, 1.165) is 30.1 Å². The summed E-state index contributed by atoms with van der Waals surface area (Å²) >= 11 is 0. The minimum absolute atomic E-state index is 0.521. The third-order valence-corrected chi connectivity index (χ3v) is 5.48. The fraction of sp³-hybridized carbons (Fsp3) is 0.867. The summed E-state index contributed by atoms with van der Waals surface area (Å²) in [6, 6.07) is 0. The number of rotatable bonds is 6. The van der Waals surface area contributed by atoms with E-state index in [2.05, 4.69) is 24.3 Å². The van der Waals surface area contributed by atoms with Crippen molar-refractivity contribution in [2.24, 2.45) is 34.3 Å². The van der Waals surface area contributed by atoms with Crippen LogP contribution in [0.15, 0.2) is 17.3 Å². The van der Waals surface area contributed by atoms with Crippen molar-refractivity contribution < 1.29 is 0 Å². The van der Waals surface area contributed by atoms with Crippen LogP contribution in [0.2, 0.25) is 0 Å². The molecule has 2 heteroatoms. The smallest absolute Gasteiger partial charge is 0.0811 e. The van der Waals surface area contributed by atoms with E-state index in [1.165, 1.54) is 32.1 Å². The zero-order valence-electron chi connectivity index (χ0n) is 10.8. The lowest BCUT2D eigenvalue weighted by atomic mass is 9.90. The van der Waals surface area contributed by atoms with Crippen molar-refractivity contribution in [3.63, 3.8) is 0 Å². The van der Waals surface area contributed by atoms with Gasteiger partial charge in [0.05, 0.1) is 6.54 Å². The van der Waals surface area contributed by atoms with E-state index in [0.29, 0.717) is 12.0 Å². The number of nitrogens with zero attached hydrogens (tertiary/aromatic N) is 1. The first-order valence-electron chi connectivity index (χ1n) is 7.26. The van der Waals surface area contributed by atoms with Crippen LogP contribution in [0.1, 0.15) is 45.4 Å². The van der Waals surface area contributed by atoms with Gasteiger partial charge in [0.25, 0.3) is 0 Å².